The number of methoxy groups -OCH3 is 1. The number of benzene rings is 2. The van der Waals surface area contributed by atoms with Crippen LogP contribution in [0.2, 0.25) is 5.02 Å². The van der Waals surface area contributed by atoms with Crippen LogP contribution >= 0.6 is 23.4 Å². The minimum atomic E-state index is -0.210. The molecule has 4 aromatic rings. The van der Waals surface area contributed by atoms with Gasteiger partial charge in [-0.25, -0.2) is 4.68 Å². The fraction of sp³-hybridized carbons (Fsp3) is 0.150. The zero-order valence-electron chi connectivity index (χ0n) is 16.2. The number of hydrogen-bond donors (Lipinski definition) is 2. The molecule has 2 aromatic carbocycles. The first-order valence-corrected chi connectivity index (χ1v) is 10.3. The number of amides is 1. The lowest BCUT2D eigenvalue weighted by Gasteiger charge is -2.06. The molecule has 0 aliphatic heterocycles. The van der Waals surface area contributed by atoms with Crippen molar-refractivity contribution in [2.45, 2.75) is 12.1 Å². The maximum atomic E-state index is 12.3. The number of para-hydroxylation sites is 1. The second-order valence-electron chi connectivity index (χ2n) is 6.47. The van der Waals surface area contributed by atoms with Crippen LogP contribution < -0.4 is 15.9 Å². The van der Waals surface area contributed by atoms with Crippen LogP contribution in [-0.4, -0.2) is 33.6 Å². The van der Waals surface area contributed by atoms with Crippen molar-refractivity contribution < 1.29 is 13.9 Å². The SMILES string of the molecule is COc1cccc2cc(-c3nnc(SCC(=O)Nc4ccc(C)c(Cl)c4)n3N)oc12. The van der Waals surface area contributed by atoms with Crippen molar-refractivity contribution in [3.63, 3.8) is 0 Å². The van der Waals surface area contributed by atoms with Crippen molar-refractivity contribution >= 4 is 45.9 Å². The normalized spacial score (nSPS) is 11.0. The van der Waals surface area contributed by atoms with Crippen molar-refractivity contribution in [1.29, 1.82) is 0 Å². The van der Waals surface area contributed by atoms with Gasteiger partial charge in [0.15, 0.2) is 17.1 Å². The molecule has 10 heteroatoms. The summed E-state index contributed by atoms with van der Waals surface area (Å²) in [7, 11) is 1.58. The Hall–Kier alpha value is -3.17. The number of carbonyl (C=O) groups excluding carboxylic acids is 1. The zero-order valence-corrected chi connectivity index (χ0v) is 17.8. The van der Waals surface area contributed by atoms with E-state index in [2.05, 4.69) is 15.5 Å². The summed E-state index contributed by atoms with van der Waals surface area (Å²) in [5, 5.41) is 12.8. The number of nitrogen functional groups attached to an aromatic ring is 1. The first-order chi connectivity index (χ1) is 14.5. The Bertz CT molecular complexity index is 1240. The number of ether oxygens (including phenoxy) is 1. The Morgan fingerprint density at radius 3 is 2.90 bits per heavy atom. The molecule has 0 atom stereocenters. The highest BCUT2D eigenvalue weighted by molar-refractivity contribution is 7.99. The minimum Gasteiger partial charge on any atom is -0.493 e. The number of fused-ring (bicyclic) bond motifs is 1. The topological polar surface area (TPSA) is 108 Å². The third-order valence-corrected chi connectivity index (χ3v) is 5.75. The van der Waals surface area contributed by atoms with Crippen molar-refractivity contribution in [3.05, 3.63) is 53.1 Å². The molecule has 0 spiro atoms. The largest absolute Gasteiger partial charge is 0.493 e. The fourth-order valence-corrected chi connectivity index (χ4v) is 3.69. The Morgan fingerprint density at radius 1 is 1.30 bits per heavy atom. The van der Waals surface area contributed by atoms with Crippen LogP contribution in [0.5, 0.6) is 5.75 Å². The molecule has 2 heterocycles. The van der Waals surface area contributed by atoms with E-state index in [0.29, 0.717) is 38.8 Å². The van der Waals surface area contributed by atoms with Crippen molar-refractivity contribution in [2.24, 2.45) is 0 Å². The van der Waals surface area contributed by atoms with E-state index < -0.39 is 0 Å². The van der Waals surface area contributed by atoms with Gasteiger partial charge in [0.25, 0.3) is 0 Å². The van der Waals surface area contributed by atoms with Gasteiger partial charge in [-0.2, -0.15) is 0 Å². The van der Waals surface area contributed by atoms with Crippen LogP contribution in [0, 0.1) is 6.92 Å². The number of hydrogen-bond acceptors (Lipinski definition) is 7. The van der Waals surface area contributed by atoms with Crippen LogP contribution in [0.4, 0.5) is 5.69 Å². The molecule has 0 saturated heterocycles. The number of halogens is 1. The van der Waals surface area contributed by atoms with Gasteiger partial charge < -0.3 is 20.3 Å². The molecule has 1 amide bonds. The lowest BCUT2D eigenvalue weighted by atomic mass is 10.2. The predicted molar refractivity (Wildman–Crippen MR) is 117 cm³/mol. The summed E-state index contributed by atoms with van der Waals surface area (Å²) in [6, 6.07) is 12.7. The van der Waals surface area contributed by atoms with Gasteiger partial charge in [0.05, 0.1) is 12.9 Å². The van der Waals surface area contributed by atoms with E-state index in [1.807, 2.05) is 37.3 Å². The Morgan fingerprint density at radius 2 is 2.13 bits per heavy atom. The minimum absolute atomic E-state index is 0.106. The molecular formula is C20H18ClN5O3S. The monoisotopic (exact) mass is 443 g/mol. The molecule has 0 unspecified atom stereocenters. The first-order valence-electron chi connectivity index (χ1n) is 8.92. The molecule has 4 rings (SSSR count). The highest BCUT2D eigenvalue weighted by atomic mass is 35.5. The number of furan rings is 1. The number of anilines is 1. The Kier molecular flexibility index (Phi) is 5.56. The molecular weight excluding hydrogens is 426 g/mol. The molecule has 0 bridgehead atoms. The summed E-state index contributed by atoms with van der Waals surface area (Å²) in [4.78, 5) is 12.3. The average Bonchev–Trinajstić information content (AvgIpc) is 3.32. The Balaban J connectivity index is 1.47. The number of rotatable bonds is 6. The van der Waals surface area contributed by atoms with E-state index in [4.69, 9.17) is 26.6 Å². The number of thioether (sulfide) groups is 1. The molecule has 8 nitrogen and oxygen atoms in total. The van der Waals surface area contributed by atoms with Crippen molar-refractivity contribution in [2.75, 3.05) is 24.0 Å². The third kappa shape index (κ3) is 3.94. The molecule has 3 N–H and O–H groups in total. The Labute approximate surface area is 181 Å². The lowest BCUT2D eigenvalue weighted by Crippen LogP contribution is -2.16. The van der Waals surface area contributed by atoms with Gasteiger partial charge in [0, 0.05) is 16.1 Å². The van der Waals surface area contributed by atoms with E-state index in [1.54, 1.807) is 19.2 Å². The molecule has 0 fully saturated rings. The van der Waals surface area contributed by atoms with Crippen LogP contribution in [-0.2, 0) is 4.79 Å². The predicted octanol–water partition coefficient (Wildman–Crippen LogP) is 4.11. The summed E-state index contributed by atoms with van der Waals surface area (Å²) in [6.07, 6.45) is 0. The summed E-state index contributed by atoms with van der Waals surface area (Å²) in [5.74, 6) is 7.45. The molecule has 0 aliphatic carbocycles. The summed E-state index contributed by atoms with van der Waals surface area (Å²) >= 11 is 7.25. The number of nitrogens with two attached hydrogens (primary N) is 1. The average molecular weight is 444 g/mol. The highest BCUT2D eigenvalue weighted by Gasteiger charge is 2.18. The van der Waals surface area contributed by atoms with E-state index >= 15 is 0 Å². The van der Waals surface area contributed by atoms with E-state index in [1.165, 1.54) is 4.68 Å². The number of nitrogens with one attached hydrogen (secondary N) is 1. The van der Waals surface area contributed by atoms with E-state index in [9.17, 15) is 4.79 Å². The van der Waals surface area contributed by atoms with Gasteiger partial charge >= 0.3 is 0 Å². The molecule has 0 aliphatic rings. The molecule has 30 heavy (non-hydrogen) atoms. The lowest BCUT2D eigenvalue weighted by molar-refractivity contribution is -0.113. The van der Waals surface area contributed by atoms with Gasteiger partial charge in [-0.1, -0.05) is 41.6 Å². The van der Waals surface area contributed by atoms with Crippen LogP contribution in [0.15, 0.2) is 52.0 Å². The van der Waals surface area contributed by atoms with Crippen molar-refractivity contribution in [3.8, 4) is 17.3 Å². The maximum Gasteiger partial charge on any atom is 0.234 e. The van der Waals surface area contributed by atoms with Crippen LogP contribution in [0.1, 0.15) is 5.56 Å². The standard InChI is InChI=1S/C20H18ClN5O3S/c1-11-6-7-13(9-14(11)21)23-17(27)10-30-20-25-24-19(26(20)22)16-8-12-4-3-5-15(28-2)18(12)29-16/h3-9H,10,22H2,1-2H3,(H,23,27). The van der Waals surface area contributed by atoms with Gasteiger partial charge in [0.1, 0.15) is 0 Å². The maximum absolute atomic E-state index is 12.3. The highest BCUT2D eigenvalue weighted by Crippen LogP contribution is 2.33. The number of aromatic nitrogens is 3. The van der Waals surface area contributed by atoms with Gasteiger partial charge in [-0.3, -0.25) is 4.79 Å². The summed E-state index contributed by atoms with van der Waals surface area (Å²) < 4.78 is 12.5. The third-order valence-electron chi connectivity index (χ3n) is 4.40. The van der Waals surface area contributed by atoms with E-state index in [0.717, 1.165) is 22.7 Å². The number of nitrogens with zero attached hydrogens (tertiary/aromatic N) is 3. The summed E-state index contributed by atoms with van der Waals surface area (Å²) in [6.45, 7) is 1.90. The quantitative estimate of drug-likeness (QED) is 0.341. The second-order valence-corrected chi connectivity index (χ2v) is 7.82. The van der Waals surface area contributed by atoms with Crippen LogP contribution in [0.25, 0.3) is 22.6 Å². The molecule has 0 saturated carbocycles. The van der Waals surface area contributed by atoms with Gasteiger partial charge in [-0.05, 0) is 36.8 Å². The summed E-state index contributed by atoms with van der Waals surface area (Å²) in [5.41, 5.74) is 2.17. The van der Waals surface area contributed by atoms with E-state index in [-0.39, 0.29) is 11.7 Å². The second kappa shape index (κ2) is 8.29. The number of carbonyl (C=O) groups is 1. The van der Waals surface area contributed by atoms with Crippen molar-refractivity contribution in [1.82, 2.24) is 14.9 Å². The molecule has 154 valence electrons. The molecule has 2 aromatic heterocycles. The fourth-order valence-electron chi connectivity index (χ4n) is 2.85. The molecule has 0 radical (unpaired) electrons. The van der Waals surface area contributed by atoms with Gasteiger partial charge in [0.2, 0.25) is 16.9 Å². The van der Waals surface area contributed by atoms with Gasteiger partial charge in [-0.15, -0.1) is 10.2 Å². The smallest absolute Gasteiger partial charge is 0.234 e. The number of aryl methyl sites for hydroxylation is 1. The zero-order chi connectivity index (χ0) is 21.3. The first kappa shape index (κ1) is 20.1. The van der Waals surface area contributed by atoms with Crippen LogP contribution in [0.3, 0.4) is 0 Å².